The molecule has 0 fully saturated rings. The topological polar surface area (TPSA) is 53.5 Å². The van der Waals surface area contributed by atoms with Gasteiger partial charge in [-0.3, -0.25) is 0 Å². The van der Waals surface area contributed by atoms with E-state index >= 15 is 0 Å². The predicted octanol–water partition coefficient (Wildman–Crippen LogP) is 5.85. The summed E-state index contributed by atoms with van der Waals surface area (Å²) in [6.07, 6.45) is 0. The first kappa shape index (κ1) is 16.0. The molecule has 0 aliphatic heterocycles. The van der Waals surface area contributed by atoms with Crippen molar-refractivity contribution in [3.63, 3.8) is 0 Å². The minimum atomic E-state index is 0.169. The van der Waals surface area contributed by atoms with Crippen molar-refractivity contribution in [3.8, 4) is 0 Å². The molecule has 0 saturated heterocycles. The summed E-state index contributed by atoms with van der Waals surface area (Å²) in [4.78, 5) is 10.4. The van der Waals surface area contributed by atoms with E-state index in [9.17, 15) is 4.91 Å². The number of nitroso groups, excluding NO2 is 1. The van der Waals surface area contributed by atoms with E-state index in [-0.39, 0.29) is 10.7 Å². The van der Waals surface area contributed by atoms with Gasteiger partial charge in [-0.1, -0.05) is 34.8 Å². The van der Waals surface area contributed by atoms with Crippen LogP contribution in [0.2, 0.25) is 15.1 Å². The Kier molecular flexibility index (Phi) is 5.36. The molecule has 4 nitrogen and oxygen atoms in total. The van der Waals surface area contributed by atoms with Crippen molar-refractivity contribution < 1.29 is 0 Å². The zero-order valence-corrected chi connectivity index (χ0v) is 13.4. The van der Waals surface area contributed by atoms with Crippen LogP contribution in [0, 0.1) is 4.91 Å². The van der Waals surface area contributed by atoms with Crippen LogP contribution < -0.4 is 10.6 Å². The Morgan fingerprint density at radius 2 is 1.57 bits per heavy atom. The molecule has 0 saturated carbocycles. The Balaban J connectivity index is 2.07. The van der Waals surface area contributed by atoms with E-state index in [1.54, 1.807) is 30.3 Å². The van der Waals surface area contributed by atoms with E-state index in [4.69, 9.17) is 47.0 Å². The SMILES string of the molecule is O=Nc1ccc(NC(=S)Nc2cc(Cl)cc(Cl)c2)cc1Cl. The van der Waals surface area contributed by atoms with E-state index in [2.05, 4.69) is 15.8 Å². The van der Waals surface area contributed by atoms with Crippen molar-refractivity contribution in [1.29, 1.82) is 0 Å². The number of benzene rings is 2. The molecule has 0 radical (unpaired) electrons. The average molecular weight is 361 g/mol. The van der Waals surface area contributed by atoms with Gasteiger partial charge in [-0.15, -0.1) is 4.91 Å². The number of thiocarbonyl (C=S) groups is 1. The molecule has 2 rings (SSSR count). The zero-order valence-electron chi connectivity index (χ0n) is 10.4. The van der Waals surface area contributed by atoms with Crippen LogP contribution in [0.15, 0.2) is 41.6 Å². The predicted molar refractivity (Wildman–Crippen MR) is 93.2 cm³/mol. The largest absolute Gasteiger partial charge is 0.332 e. The second kappa shape index (κ2) is 7.04. The van der Waals surface area contributed by atoms with Crippen LogP contribution in [0.3, 0.4) is 0 Å². The first-order chi connectivity index (χ1) is 9.97. The van der Waals surface area contributed by atoms with Crippen molar-refractivity contribution >= 4 is 69.2 Å². The standard InChI is InChI=1S/C13H8Cl3N3OS/c14-7-3-8(15)5-10(4-7)18-13(21)17-9-1-2-12(19-20)11(16)6-9/h1-6H,(H2,17,18,21). The molecule has 8 heteroatoms. The van der Waals surface area contributed by atoms with Crippen LogP contribution in [0.4, 0.5) is 17.1 Å². The maximum Gasteiger partial charge on any atom is 0.175 e. The van der Waals surface area contributed by atoms with Crippen molar-refractivity contribution in [2.75, 3.05) is 10.6 Å². The fourth-order valence-electron chi connectivity index (χ4n) is 1.58. The molecule has 2 aromatic rings. The van der Waals surface area contributed by atoms with Crippen LogP contribution >= 0.6 is 47.0 Å². The summed E-state index contributed by atoms with van der Waals surface area (Å²) < 4.78 is 0. The molecule has 0 aliphatic carbocycles. The van der Waals surface area contributed by atoms with E-state index < -0.39 is 0 Å². The van der Waals surface area contributed by atoms with Gasteiger partial charge in [0, 0.05) is 21.4 Å². The monoisotopic (exact) mass is 359 g/mol. The fourth-order valence-corrected chi connectivity index (χ4v) is 2.55. The Morgan fingerprint density at radius 3 is 2.14 bits per heavy atom. The van der Waals surface area contributed by atoms with Crippen LogP contribution in [-0.2, 0) is 0 Å². The number of halogens is 3. The summed E-state index contributed by atoms with van der Waals surface area (Å²) >= 11 is 22.9. The third-order valence-corrected chi connectivity index (χ3v) is 3.37. The summed E-state index contributed by atoms with van der Waals surface area (Å²) in [5.41, 5.74) is 1.45. The Labute approximate surface area is 141 Å². The van der Waals surface area contributed by atoms with E-state index in [1.165, 1.54) is 6.07 Å². The summed E-state index contributed by atoms with van der Waals surface area (Å²) in [6.45, 7) is 0. The zero-order chi connectivity index (χ0) is 15.4. The molecule has 0 aromatic heterocycles. The van der Waals surface area contributed by atoms with Crippen LogP contribution in [0.1, 0.15) is 0 Å². The molecule has 0 spiro atoms. The van der Waals surface area contributed by atoms with Gasteiger partial charge in [0.2, 0.25) is 0 Å². The molecule has 0 unspecified atom stereocenters. The maximum atomic E-state index is 10.4. The van der Waals surface area contributed by atoms with Gasteiger partial charge in [-0.25, -0.2) is 0 Å². The molecule has 0 heterocycles. The second-order valence-corrected chi connectivity index (χ2v) is 5.68. The minimum Gasteiger partial charge on any atom is -0.332 e. The smallest absolute Gasteiger partial charge is 0.175 e. The van der Waals surface area contributed by atoms with Crippen molar-refractivity contribution in [1.82, 2.24) is 0 Å². The lowest BCUT2D eigenvalue weighted by molar-refractivity contribution is 1.49. The maximum absolute atomic E-state index is 10.4. The molecule has 0 amide bonds. The Morgan fingerprint density at radius 1 is 0.952 bits per heavy atom. The fraction of sp³-hybridized carbons (Fsp3) is 0. The van der Waals surface area contributed by atoms with E-state index in [1.807, 2.05) is 0 Å². The number of anilines is 2. The van der Waals surface area contributed by atoms with Crippen LogP contribution in [0.25, 0.3) is 0 Å². The van der Waals surface area contributed by atoms with Crippen LogP contribution in [0.5, 0.6) is 0 Å². The van der Waals surface area contributed by atoms with Gasteiger partial charge < -0.3 is 10.6 Å². The summed E-state index contributed by atoms with van der Waals surface area (Å²) in [5.74, 6) is 0. The van der Waals surface area contributed by atoms with Crippen molar-refractivity contribution in [2.45, 2.75) is 0 Å². The Bertz CT molecular complexity index is 689. The Hall–Kier alpha value is -1.40. The summed E-state index contributed by atoms with van der Waals surface area (Å²) in [7, 11) is 0. The highest BCUT2D eigenvalue weighted by Gasteiger charge is 2.05. The molecular weight excluding hydrogens is 353 g/mol. The van der Waals surface area contributed by atoms with Crippen LogP contribution in [-0.4, -0.2) is 5.11 Å². The average Bonchev–Trinajstić information content (AvgIpc) is 2.37. The number of hydrogen-bond acceptors (Lipinski definition) is 3. The van der Waals surface area contributed by atoms with Gasteiger partial charge >= 0.3 is 0 Å². The molecule has 2 N–H and O–H groups in total. The number of nitrogens with zero attached hydrogens (tertiary/aromatic N) is 1. The molecule has 0 atom stereocenters. The van der Waals surface area contributed by atoms with Gasteiger partial charge in [0.15, 0.2) is 5.11 Å². The third-order valence-electron chi connectivity index (χ3n) is 2.42. The number of hydrogen-bond donors (Lipinski definition) is 2. The van der Waals surface area contributed by atoms with Gasteiger partial charge in [0.1, 0.15) is 5.69 Å². The summed E-state index contributed by atoms with van der Waals surface area (Å²) in [5, 5.41) is 10.2. The first-order valence-corrected chi connectivity index (χ1v) is 7.19. The molecule has 0 aliphatic rings. The number of rotatable bonds is 3. The van der Waals surface area contributed by atoms with Gasteiger partial charge in [-0.2, -0.15) is 0 Å². The highest BCUT2D eigenvalue weighted by molar-refractivity contribution is 7.80. The van der Waals surface area contributed by atoms with Crippen molar-refractivity contribution in [3.05, 3.63) is 56.4 Å². The lowest BCUT2D eigenvalue weighted by atomic mass is 10.3. The highest BCUT2D eigenvalue weighted by atomic mass is 35.5. The first-order valence-electron chi connectivity index (χ1n) is 5.65. The van der Waals surface area contributed by atoms with Gasteiger partial charge in [0.25, 0.3) is 0 Å². The summed E-state index contributed by atoms with van der Waals surface area (Å²) in [6, 6.07) is 9.69. The lowest BCUT2D eigenvalue weighted by Crippen LogP contribution is -2.19. The third kappa shape index (κ3) is 4.54. The second-order valence-electron chi connectivity index (χ2n) is 3.99. The normalized spacial score (nSPS) is 10.0. The van der Waals surface area contributed by atoms with E-state index in [0.717, 1.165) is 0 Å². The lowest BCUT2D eigenvalue weighted by Gasteiger charge is -2.11. The van der Waals surface area contributed by atoms with Gasteiger partial charge in [0.05, 0.1) is 5.02 Å². The molecular formula is C13H8Cl3N3OS. The molecule has 0 bridgehead atoms. The van der Waals surface area contributed by atoms with Crippen molar-refractivity contribution in [2.24, 2.45) is 5.18 Å². The van der Waals surface area contributed by atoms with E-state index in [0.29, 0.717) is 26.5 Å². The van der Waals surface area contributed by atoms with Gasteiger partial charge in [-0.05, 0) is 53.8 Å². The highest BCUT2D eigenvalue weighted by Crippen LogP contribution is 2.28. The number of nitrogens with one attached hydrogen (secondary N) is 2. The molecule has 108 valence electrons. The minimum absolute atomic E-state index is 0.169. The molecule has 2 aromatic carbocycles. The quantitative estimate of drug-likeness (QED) is 0.532. The molecule has 21 heavy (non-hydrogen) atoms.